The van der Waals surface area contributed by atoms with Crippen LogP contribution in [0.25, 0.3) is 30.9 Å². The average Bonchev–Trinajstić information content (AvgIpc) is 3.44. The quantitative estimate of drug-likeness (QED) is 0.327. The molecule has 4 aromatic rings. The van der Waals surface area contributed by atoms with E-state index in [2.05, 4.69) is 0 Å². The molecule has 12 heteroatoms. The van der Waals surface area contributed by atoms with Gasteiger partial charge in [0.1, 0.15) is 34.0 Å². The molecule has 2 aromatic carbocycles. The van der Waals surface area contributed by atoms with Gasteiger partial charge in [-0.25, -0.2) is 0 Å². The van der Waals surface area contributed by atoms with Gasteiger partial charge < -0.3 is 0 Å². The molecule has 0 fully saturated rings. The van der Waals surface area contributed by atoms with E-state index in [-0.39, 0.29) is 74.1 Å². The molecular formula is C24H6N6O4S2. The van der Waals surface area contributed by atoms with E-state index in [4.69, 9.17) is 0 Å². The van der Waals surface area contributed by atoms with E-state index in [1.807, 2.05) is 24.3 Å². The average molecular weight is 506 g/mol. The molecule has 0 aliphatic carbocycles. The Morgan fingerprint density at radius 1 is 0.528 bits per heavy atom. The minimum Gasteiger partial charge on any atom is -0.277 e. The normalized spacial score (nSPS) is 14.4. The third kappa shape index (κ3) is 2.12. The van der Waals surface area contributed by atoms with E-state index in [1.165, 1.54) is 14.1 Å². The Bertz CT molecular complexity index is 1910. The largest absolute Gasteiger partial charge is 0.277 e. The molecule has 0 unspecified atom stereocenters. The zero-order valence-electron chi connectivity index (χ0n) is 18.1. The van der Waals surface area contributed by atoms with Crippen molar-refractivity contribution in [3.8, 4) is 24.3 Å². The van der Waals surface area contributed by atoms with Crippen molar-refractivity contribution in [2.45, 2.75) is 0 Å². The molecule has 0 saturated carbocycles. The molecule has 0 bridgehead atoms. The van der Waals surface area contributed by atoms with E-state index in [9.17, 15) is 40.2 Å². The van der Waals surface area contributed by atoms with Crippen LogP contribution in [0.4, 0.5) is 0 Å². The molecule has 2 aliphatic rings. The van der Waals surface area contributed by atoms with Crippen LogP contribution in [0.1, 0.15) is 62.3 Å². The third-order valence-corrected chi connectivity index (χ3v) is 8.75. The Kier molecular flexibility index (Phi) is 3.99. The van der Waals surface area contributed by atoms with Gasteiger partial charge in [0.25, 0.3) is 23.6 Å². The van der Waals surface area contributed by atoms with Crippen LogP contribution >= 0.6 is 22.7 Å². The minimum absolute atomic E-state index is 0.0115. The molecular weight excluding hydrogens is 500 g/mol. The lowest BCUT2D eigenvalue weighted by Gasteiger charge is -2.31. The van der Waals surface area contributed by atoms with E-state index < -0.39 is 23.6 Å². The topological polar surface area (TPSA) is 170 Å². The Balaban J connectivity index is 2.12. The first-order chi connectivity index (χ1) is 17.2. The maximum absolute atomic E-state index is 13.5. The first-order valence-corrected chi connectivity index (χ1v) is 11.7. The molecule has 168 valence electrons. The van der Waals surface area contributed by atoms with Crippen LogP contribution in [0, 0.1) is 45.3 Å². The molecule has 0 radical (unpaired) electrons. The van der Waals surface area contributed by atoms with Crippen LogP contribution in [-0.2, 0) is 0 Å². The molecule has 0 N–H and O–H groups in total. The predicted molar refractivity (Wildman–Crippen MR) is 126 cm³/mol. The smallest absolute Gasteiger partial charge is 0.262 e. The van der Waals surface area contributed by atoms with Crippen molar-refractivity contribution >= 4 is 77.2 Å². The molecule has 4 heterocycles. The summed E-state index contributed by atoms with van der Waals surface area (Å²) in [7, 11) is 2.50. The number of thiophene rings is 2. The second kappa shape index (κ2) is 6.71. The summed E-state index contributed by atoms with van der Waals surface area (Å²) in [5.74, 6) is -3.00. The van der Waals surface area contributed by atoms with E-state index in [1.54, 1.807) is 0 Å². The maximum atomic E-state index is 13.5. The Labute approximate surface area is 208 Å². The van der Waals surface area contributed by atoms with Gasteiger partial charge in [0, 0.05) is 35.6 Å². The van der Waals surface area contributed by atoms with E-state index in [0.29, 0.717) is 0 Å². The van der Waals surface area contributed by atoms with Gasteiger partial charge in [-0.1, -0.05) is 0 Å². The first-order valence-electron chi connectivity index (χ1n) is 10.1. The Morgan fingerprint density at radius 2 is 0.861 bits per heavy atom. The molecule has 36 heavy (non-hydrogen) atoms. The molecule has 6 rings (SSSR count). The maximum Gasteiger partial charge on any atom is 0.262 e. The van der Waals surface area contributed by atoms with Gasteiger partial charge >= 0.3 is 0 Å². The second-order valence-electron chi connectivity index (χ2n) is 8.06. The highest BCUT2D eigenvalue weighted by atomic mass is 32.1. The van der Waals surface area contributed by atoms with Gasteiger partial charge in [-0.2, -0.15) is 21.0 Å². The highest BCUT2D eigenvalue weighted by molar-refractivity contribution is 7.21. The Morgan fingerprint density at radius 3 is 1.19 bits per heavy atom. The molecule has 2 aromatic heterocycles. The number of imide groups is 2. The Hall–Kier alpha value is -5.14. The van der Waals surface area contributed by atoms with Gasteiger partial charge in [0.2, 0.25) is 0 Å². The van der Waals surface area contributed by atoms with Crippen LogP contribution in [-0.4, -0.2) is 47.5 Å². The molecule has 0 spiro atoms. The lowest BCUT2D eigenvalue weighted by molar-refractivity contribution is 0.0633. The van der Waals surface area contributed by atoms with Crippen molar-refractivity contribution in [2.75, 3.05) is 14.1 Å². The summed E-state index contributed by atoms with van der Waals surface area (Å²) >= 11 is 1.70. The summed E-state index contributed by atoms with van der Waals surface area (Å²) < 4.78 is 0.352. The number of nitriles is 4. The first kappa shape index (κ1) is 21.4. The lowest BCUT2D eigenvalue weighted by atomic mass is 9.81. The number of carbonyl (C=O) groups is 4. The fourth-order valence-corrected chi connectivity index (χ4v) is 7.17. The number of rotatable bonds is 0. The number of fused-ring (bicyclic) bond motifs is 6. The van der Waals surface area contributed by atoms with Gasteiger partial charge in [0.05, 0.1) is 42.8 Å². The molecule has 0 atom stereocenters. The van der Waals surface area contributed by atoms with Crippen molar-refractivity contribution in [1.82, 2.24) is 9.80 Å². The summed E-state index contributed by atoms with van der Waals surface area (Å²) in [4.78, 5) is 55.6. The fourth-order valence-electron chi connectivity index (χ4n) is 4.98. The SMILES string of the molecule is CN1C(=O)c2c3sc(C#N)c(C#N)c3c3c4c(c5c(C#N)c(C#N)sc5c(c24)C1=O)C(=O)N(C)C3=O. The number of amides is 4. The zero-order valence-corrected chi connectivity index (χ0v) is 19.8. The van der Waals surface area contributed by atoms with Crippen molar-refractivity contribution in [1.29, 1.82) is 21.0 Å². The van der Waals surface area contributed by atoms with E-state index in [0.717, 1.165) is 32.5 Å². The second-order valence-corrected chi connectivity index (χ2v) is 10.1. The summed E-state index contributed by atoms with van der Waals surface area (Å²) in [5.41, 5.74) is -0.463. The fraction of sp³-hybridized carbons (Fsp3) is 0.0833. The van der Waals surface area contributed by atoms with Crippen molar-refractivity contribution in [3.05, 3.63) is 43.1 Å². The summed E-state index contributed by atoms with van der Waals surface area (Å²) in [6.45, 7) is 0. The minimum atomic E-state index is -0.777. The highest BCUT2D eigenvalue weighted by Gasteiger charge is 2.44. The van der Waals surface area contributed by atoms with Crippen molar-refractivity contribution in [2.24, 2.45) is 0 Å². The zero-order chi connectivity index (χ0) is 25.8. The highest BCUT2D eigenvalue weighted by Crippen LogP contribution is 2.51. The van der Waals surface area contributed by atoms with Gasteiger partial charge in [-0.3, -0.25) is 29.0 Å². The van der Waals surface area contributed by atoms with Crippen LogP contribution in [0.3, 0.4) is 0 Å². The number of benzene rings is 2. The van der Waals surface area contributed by atoms with Gasteiger partial charge in [-0.15, -0.1) is 22.7 Å². The van der Waals surface area contributed by atoms with Crippen LogP contribution < -0.4 is 0 Å². The molecule has 0 saturated heterocycles. The number of hydrogen-bond donors (Lipinski definition) is 0. The van der Waals surface area contributed by atoms with Gasteiger partial charge in [0.15, 0.2) is 0 Å². The lowest BCUT2D eigenvalue weighted by Crippen LogP contribution is -2.40. The molecule has 2 aliphatic heterocycles. The third-order valence-electron chi connectivity index (χ3n) is 6.52. The molecule has 4 amide bonds. The number of nitrogens with zero attached hydrogens (tertiary/aromatic N) is 6. The summed E-state index contributed by atoms with van der Waals surface area (Å²) in [6, 6.07) is 7.72. The van der Waals surface area contributed by atoms with E-state index >= 15 is 0 Å². The van der Waals surface area contributed by atoms with Crippen molar-refractivity contribution < 1.29 is 19.2 Å². The number of hydrogen-bond acceptors (Lipinski definition) is 10. The van der Waals surface area contributed by atoms with Crippen molar-refractivity contribution in [3.63, 3.8) is 0 Å². The predicted octanol–water partition coefficient (Wildman–Crippen LogP) is 3.21. The van der Waals surface area contributed by atoms with Crippen LogP contribution in [0.15, 0.2) is 0 Å². The summed E-state index contributed by atoms with van der Waals surface area (Å²) in [6.07, 6.45) is 0. The standard InChI is InChI=1S/C24H6N6O4S2/c1-29-21(31)15-11-7(3-25)9(5-27)35-19(11)17-14-13(15)16(22(29)32)12-8(4-26)10(6-28)36-20(12)18(14)24(34)30(2)23(17)33/h1-2H3. The molecule has 10 nitrogen and oxygen atoms in total. The monoisotopic (exact) mass is 506 g/mol. The summed E-state index contributed by atoms with van der Waals surface area (Å²) in [5, 5.41) is 39.2. The van der Waals surface area contributed by atoms with Gasteiger partial charge in [-0.05, 0) is 0 Å². The number of carbonyl (C=O) groups excluding carboxylic acids is 4. The van der Waals surface area contributed by atoms with Crippen LogP contribution in [0.2, 0.25) is 0 Å². The van der Waals surface area contributed by atoms with Crippen LogP contribution in [0.5, 0.6) is 0 Å².